The summed E-state index contributed by atoms with van der Waals surface area (Å²) >= 11 is 0. The number of alkyl carbamates (subject to hydrolysis) is 1. The van der Waals surface area contributed by atoms with E-state index in [1.807, 2.05) is 11.0 Å². The molecule has 2 aliphatic heterocycles. The number of carbonyl (C=O) groups excluding carboxylic acids is 3. The SMILES string of the molecule is Cc1cc2c(N3CC(NC(=O)OC(C)(C)C)C3)cc(F)c(C3CCC(=O)NC3=O)c2o1. The van der Waals surface area contributed by atoms with Gasteiger partial charge in [-0.25, -0.2) is 9.18 Å². The molecule has 0 spiro atoms. The first-order chi connectivity index (χ1) is 14.5. The fourth-order valence-corrected chi connectivity index (χ4v) is 4.08. The predicted octanol–water partition coefficient (Wildman–Crippen LogP) is 3.11. The van der Waals surface area contributed by atoms with Crippen LogP contribution in [0.5, 0.6) is 0 Å². The third-order valence-electron chi connectivity index (χ3n) is 5.43. The number of benzene rings is 1. The molecule has 2 saturated heterocycles. The lowest BCUT2D eigenvalue weighted by Gasteiger charge is -2.41. The molecule has 2 aliphatic rings. The molecule has 1 atom stereocenters. The number of nitrogens with zero attached hydrogens (tertiary/aromatic N) is 1. The first-order valence-corrected chi connectivity index (χ1v) is 10.3. The average Bonchev–Trinajstić information content (AvgIpc) is 2.98. The first-order valence-electron chi connectivity index (χ1n) is 10.3. The van der Waals surface area contributed by atoms with Crippen molar-refractivity contribution in [2.45, 2.75) is 58.1 Å². The summed E-state index contributed by atoms with van der Waals surface area (Å²) in [7, 11) is 0. The molecule has 0 aliphatic carbocycles. The number of fused-ring (bicyclic) bond motifs is 1. The van der Waals surface area contributed by atoms with E-state index in [-0.39, 0.29) is 30.4 Å². The number of nitrogens with one attached hydrogen (secondary N) is 2. The van der Waals surface area contributed by atoms with Crippen LogP contribution in [-0.4, -0.2) is 42.6 Å². The summed E-state index contributed by atoms with van der Waals surface area (Å²) in [6.07, 6.45) is -0.0922. The van der Waals surface area contributed by atoms with Crippen LogP contribution in [0.4, 0.5) is 14.9 Å². The van der Waals surface area contributed by atoms with Gasteiger partial charge in [0.15, 0.2) is 0 Å². The summed E-state index contributed by atoms with van der Waals surface area (Å²) in [4.78, 5) is 37.7. The molecule has 166 valence electrons. The highest BCUT2D eigenvalue weighted by molar-refractivity contribution is 6.04. The molecular formula is C22H26FN3O5. The molecule has 2 aromatic rings. The number of piperidine rings is 1. The van der Waals surface area contributed by atoms with Crippen LogP contribution in [0.1, 0.15) is 50.9 Å². The number of rotatable bonds is 3. The third kappa shape index (κ3) is 4.22. The Morgan fingerprint density at radius 2 is 2.00 bits per heavy atom. The number of halogens is 1. The molecule has 4 rings (SSSR count). The van der Waals surface area contributed by atoms with E-state index < -0.39 is 29.3 Å². The number of furan rings is 1. The van der Waals surface area contributed by atoms with Crippen LogP contribution in [0.25, 0.3) is 11.0 Å². The van der Waals surface area contributed by atoms with Crippen molar-refractivity contribution < 1.29 is 27.9 Å². The predicted molar refractivity (Wildman–Crippen MR) is 111 cm³/mol. The van der Waals surface area contributed by atoms with Crippen molar-refractivity contribution >= 4 is 34.6 Å². The van der Waals surface area contributed by atoms with Crippen LogP contribution in [0.15, 0.2) is 16.5 Å². The van der Waals surface area contributed by atoms with E-state index in [0.717, 1.165) is 0 Å². The van der Waals surface area contributed by atoms with Gasteiger partial charge in [0.05, 0.1) is 17.6 Å². The Hall–Kier alpha value is -3.10. The lowest BCUT2D eigenvalue weighted by atomic mass is 9.88. The Balaban J connectivity index is 1.57. The molecule has 0 bridgehead atoms. The number of anilines is 1. The summed E-state index contributed by atoms with van der Waals surface area (Å²) in [5.74, 6) is -1.59. The minimum Gasteiger partial charge on any atom is -0.461 e. The maximum atomic E-state index is 15.2. The number of aryl methyl sites for hydroxylation is 1. The highest BCUT2D eigenvalue weighted by atomic mass is 19.1. The quantitative estimate of drug-likeness (QED) is 0.725. The Morgan fingerprint density at radius 3 is 2.65 bits per heavy atom. The Morgan fingerprint density at radius 1 is 1.29 bits per heavy atom. The summed E-state index contributed by atoms with van der Waals surface area (Å²) in [5.41, 5.74) is 0.567. The maximum absolute atomic E-state index is 15.2. The molecule has 1 aromatic carbocycles. The molecule has 2 fully saturated rings. The zero-order valence-electron chi connectivity index (χ0n) is 18.0. The largest absolute Gasteiger partial charge is 0.461 e. The van der Waals surface area contributed by atoms with Crippen LogP contribution in [0, 0.1) is 12.7 Å². The molecule has 1 unspecified atom stereocenters. The number of imide groups is 1. The van der Waals surface area contributed by atoms with Gasteiger partial charge in [-0.15, -0.1) is 0 Å². The molecule has 3 heterocycles. The molecule has 31 heavy (non-hydrogen) atoms. The fraction of sp³-hybridized carbons (Fsp3) is 0.500. The lowest BCUT2D eigenvalue weighted by Crippen LogP contribution is -2.60. The van der Waals surface area contributed by atoms with E-state index in [1.54, 1.807) is 27.7 Å². The molecule has 1 aromatic heterocycles. The minimum absolute atomic E-state index is 0.115. The Labute approximate surface area is 179 Å². The standard InChI is InChI=1S/C22H26FN3O5/c1-11-7-14-16(26-9-12(10-26)24-21(29)31-22(2,3)4)8-15(23)18(19(14)30-11)13-5-6-17(27)25-20(13)28/h7-8,12-13H,5-6,9-10H2,1-4H3,(H,24,29)(H,25,27,28). The van der Waals surface area contributed by atoms with Crippen molar-refractivity contribution in [1.82, 2.24) is 10.6 Å². The van der Waals surface area contributed by atoms with Crippen LogP contribution in [0.2, 0.25) is 0 Å². The van der Waals surface area contributed by atoms with Gasteiger partial charge in [0, 0.05) is 30.5 Å². The molecule has 2 N–H and O–H groups in total. The van der Waals surface area contributed by atoms with E-state index in [2.05, 4.69) is 10.6 Å². The van der Waals surface area contributed by atoms with Crippen molar-refractivity contribution in [3.8, 4) is 0 Å². The zero-order valence-corrected chi connectivity index (χ0v) is 18.0. The minimum atomic E-state index is -0.780. The van der Waals surface area contributed by atoms with Crippen molar-refractivity contribution in [3.63, 3.8) is 0 Å². The molecule has 0 radical (unpaired) electrons. The third-order valence-corrected chi connectivity index (χ3v) is 5.43. The van der Waals surface area contributed by atoms with Gasteiger partial charge in [-0.2, -0.15) is 0 Å². The summed E-state index contributed by atoms with van der Waals surface area (Å²) in [6.45, 7) is 8.14. The zero-order chi connectivity index (χ0) is 22.5. The topological polar surface area (TPSA) is 101 Å². The number of amides is 3. The van der Waals surface area contributed by atoms with Crippen LogP contribution >= 0.6 is 0 Å². The van der Waals surface area contributed by atoms with Crippen molar-refractivity contribution in [1.29, 1.82) is 0 Å². The second-order valence-electron chi connectivity index (χ2n) is 9.14. The van der Waals surface area contributed by atoms with Gasteiger partial charge in [0.1, 0.15) is 22.8 Å². The summed E-state index contributed by atoms with van der Waals surface area (Å²) in [6, 6.07) is 3.10. The monoisotopic (exact) mass is 431 g/mol. The van der Waals surface area contributed by atoms with Crippen molar-refractivity contribution in [3.05, 3.63) is 29.3 Å². The van der Waals surface area contributed by atoms with Gasteiger partial charge in [-0.05, 0) is 46.2 Å². The van der Waals surface area contributed by atoms with E-state index in [0.29, 0.717) is 35.5 Å². The van der Waals surface area contributed by atoms with E-state index >= 15 is 4.39 Å². The second-order valence-corrected chi connectivity index (χ2v) is 9.14. The second kappa shape index (κ2) is 7.55. The average molecular weight is 431 g/mol. The summed E-state index contributed by atoms with van der Waals surface area (Å²) in [5, 5.41) is 5.79. The van der Waals surface area contributed by atoms with Crippen molar-refractivity contribution in [2.24, 2.45) is 0 Å². The molecule has 0 saturated carbocycles. The highest BCUT2D eigenvalue weighted by Crippen LogP contribution is 2.40. The maximum Gasteiger partial charge on any atom is 0.407 e. The van der Waals surface area contributed by atoms with Crippen molar-refractivity contribution in [2.75, 3.05) is 18.0 Å². The van der Waals surface area contributed by atoms with Gasteiger partial charge < -0.3 is 19.4 Å². The Kier molecular flexibility index (Phi) is 5.15. The number of hydrogen-bond acceptors (Lipinski definition) is 6. The fourth-order valence-electron chi connectivity index (χ4n) is 4.08. The smallest absolute Gasteiger partial charge is 0.407 e. The molecule has 8 nitrogen and oxygen atoms in total. The first kappa shape index (κ1) is 21.1. The highest BCUT2D eigenvalue weighted by Gasteiger charge is 2.36. The molecule has 3 amide bonds. The molecule has 9 heteroatoms. The number of ether oxygens (including phenoxy) is 1. The van der Waals surface area contributed by atoms with Gasteiger partial charge >= 0.3 is 6.09 Å². The summed E-state index contributed by atoms with van der Waals surface area (Å²) < 4.78 is 26.3. The van der Waals surface area contributed by atoms with Crippen LogP contribution in [0.3, 0.4) is 0 Å². The van der Waals surface area contributed by atoms with Gasteiger partial charge in [0.25, 0.3) is 0 Å². The van der Waals surface area contributed by atoms with Gasteiger partial charge in [0.2, 0.25) is 11.8 Å². The van der Waals surface area contributed by atoms with Gasteiger partial charge in [-0.3, -0.25) is 14.9 Å². The normalized spacial score (nSPS) is 19.9. The van der Waals surface area contributed by atoms with E-state index in [1.165, 1.54) is 6.07 Å². The van der Waals surface area contributed by atoms with E-state index in [9.17, 15) is 14.4 Å². The molecular weight excluding hydrogens is 405 g/mol. The number of carbonyl (C=O) groups is 3. The van der Waals surface area contributed by atoms with Crippen LogP contribution in [-0.2, 0) is 14.3 Å². The number of hydrogen-bond donors (Lipinski definition) is 2. The lowest BCUT2D eigenvalue weighted by molar-refractivity contribution is -0.134. The van der Waals surface area contributed by atoms with Gasteiger partial charge in [-0.1, -0.05) is 0 Å². The van der Waals surface area contributed by atoms with Crippen LogP contribution < -0.4 is 15.5 Å². The Bertz CT molecular complexity index is 1070. The van der Waals surface area contributed by atoms with E-state index in [4.69, 9.17) is 9.15 Å².